The predicted molar refractivity (Wildman–Crippen MR) is 145 cm³/mol. The second-order valence-electron chi connectivity index (χ2n) is 9.72. The highest BCUT2D eigenvalue weighted by atomic mass is 32.2. The Morgan fingerprint density at radius 3 is 2.03 bits per heavy atom. The first-order valence-corrected chi connectivity index (χ1v) is 13.9. The molecule has 0 aliphatic rings. The number of aromatic hydroxyl groups is 1. The molecule has 7 N–H and O–H groups in total. The number of phenolic OH excluding ortho intramolecular Hbond substituents is 1. The van der Waals surface area contributed by atoms with Gasteiger partial charge >= 0.3 is 5.97 Å². The number of carbonyl (C=O) groups is 4. The number of carboxylic acid groups (broad SMARTS) is 1. The van der Waals surface area contributed by atoms with E-state index >= 15 is 0 Å². The van der Waals surface area contributed by atoms with Gasteiger partial charge in [0.2, 0.25) is 17.7 Å². The predicted octanol–water partition coefficient (Wildman–Crippen LogP) is 1.65. The molecule has 0 bridgehead atoms. The zero-order valence-corrected chi connectivity index (χ0v) is 23.1. The molecule has 0 fully saturated rings. The van der Waals surface area contributed by atoms with Crippen LogP contribution in [-0.2, 0) is 25.6 Å². The molecule has 0 heterocycles. The van der Waals surface area contributed by atoms with Crippen molar-refractivity contribution in [3.05, 3.63) is 29.8 Å². The minimum Gasteiger partial charge on any atom is -0.508 e. The van der Waals surface area contributed by atoms with Gasteiger partial charge in [0.15, 0.2) is 0 Å². The number of amides is 3. The molecule has 0 spiro atoms. The van der Waals surface area contributed by atoms with Crippen molar-refractivity contribution in [2.75, 3.05) is 12.0 Å². The summed E-state index contributed by atoms with van der Waals surface area (Å²) < 4.78 is 0. The molecule has 0 aliphatic heterocycles. The molecule has 208 valence electrons. The van der Waals surface area contributed by atoms with Crippen LogP contribution in [0.2, 0.25) is 0 Å². The lowest BCUT2D eigenvalue weighted by atomic mass is 9.98. The zero-order valence-electron chi connectivity index (χ0n) is 22.3. The number of thioether (sulfide) groups is 1. The van der Waals surface area contributed by atoms with Crippen LogP contribution in [0.1, 0.15) is 52.5 Å². The van der Waals surface area contributed by atoms with Gasteiger partial charge in [-0.15, -0.1) is 0 Å². The first kappa shape index (κ1) is 32.2. The number of hydrogen-bond acceptors (Lipinski definition) is 7. The fourth-order valence-electron chi connectivity index (χ4n) is 3.67. The van der Waals surface area contributed by atoms with Crippen molar-refractivity contribution in [2.45, 2.75) is 77.5 Å². The van der Waals surface area contributed by atoms with Crippen LogP contribution in [0.15, 0.2) is 24.3 Å². The zero-order chi connectivity index (χ0) is 28.1. The lowest BCUT2D eigenvalue weighted by Gasteiger charge is -2.27. The Kier molecular flexibility index (Phi) is 14.1. The van der Waals surface area contributed by atoms with Crippen LogP contribution in [-0.4, -0.2) is 70.1 Å². The standard InChI is InChI=1S/C26H42N4O6S/c1-6-16(4)22(26(35)36)30-24(33)20(11-12-37-5)28-25(34)21(13-15(2)3)29-23(32)19(27)14-17-7-9-18(31)10-8-17/h7-10,15-16,19-22,31H,6,11-14,27H2,1-5H3,(H,28,34)(H,29,32)(H,30,33)(H,35,36). The Morgan fingerprint density at radius 2 is 1.51 bits per heavy atom. The van der Waals surface area contributed by atoms with Gasteiger partial charge in [0.25, 0.3) is 0 Å². The van der Waals surface area contributed by atoms with Gasteiger partial charge in [-0.3, -0.25) is 14.4 Å². The van der Waals surface area contributed by atoms with E-state index < -0.39 is 47.9 Å². The highest BCUT2D eigenvalue weighted by Gasteiger charge is 2.32. The summed E-state index contributed by atoms with van der Waals surface area (Å²) in [6, 6.07) is 2.47. The summed E-state index contributed by atoms with van der Waals surface area (Å²) in [5.74, 6) is -2.31. The Hall–Kier alpha value is -2.79. The summed E-state index contributed by atoms with van der Waals surface area (Å²) in [6.07, 6.45) is 3.27. The number of rotatable bonds is 16. The minimum absolute atomic E-state index is 0.0599. The summed E-state index contributed by atoms with van der Waals surface area (Å²) in [6.45, 7) is 7.39. The van der Waals surface area contributed by atoms with Crippen LogP contribution in [0, 0.1) is 11.8 Å². The molecule has 11 heteroatoms. The molecule has 0 saturated heterocycles. The Labute approximate surface area is 223 Å². The van der Waals surface area contributed by atoms with Crippen LogP contribution in [0.25, 0.3) is 0 Å². The number of nitrogens with two attached hydrogens (primary N) is 1. The fraction of sp³-hybridized carbons (Fsp3) is 0.615. The number of carbonyl (C=O) groups excluding carboxylic acids is 3. The van der Waals surface area contributed by atoms with Gasteiger partial charge in [-0.25, -0.2) is 4.79 Å². The summed E-state index contributed by atoms with van der Waals surface area (Å²) >= 11 is 1.50. The second-order valence-corrected chi connectivity index (χ2v) is 10.7. The highest BCUT2D eigenvalue weighted by molar-refractivity contribution is 7.98. The molecule has 0 saturated carbocycles. The van der Waals surface area contributed by atoms with Crippen LogP contribution >= 0.6 is 11.8 Å². The van der Waals surface area contributed by atoms with Crippen molar-refractivity contribution >= 4 is 35.5 Å². The SMILES string of the molecule is CCC(C)C(NC(=O)C(CCSC)NC(=O)C(CC(C)C)NC(=O)C(N)Cc1ccc(O)cc1)C(=O)O. The number of hydrogen-bond donors (Lipinski definition) is 6. The molecule has 3 amide bonds. The quantitative estimate of drug-likeness (QED) is 0.184. The van der Waals surface area contributed by atoms with E-state index in [9.17, 15) is 29.4 Å². The topological polar surface area (TPSA) is 171 Å². The maximum Gasteiger partial charge on any atom is 0.326 e. The van der Waals surface area contributed by atoms with Gasteiger partial charge in [-0.05, 0) is 60.8 Å². The van der Waals surface area contributed by atoms with E-state index in [-0.39, 0.29) is 24.0 Å². The second kappa shape index (κ2) is 16.1. The highest BCUT2D eigenvalue weighted by Crippen LogP contribution is 2.13. The molecule has 1 rings (SSSR count). The summed E-state index contributed by atoms with van der Waals surface area (Å²) in [4.78, 5) is 50.7. The van der Waals surface area contributed by atoms with Crippen molar-refractivity contribution in [3.8, 4) is 5.75 Å². The average molecular weight is 539 g/mol. The number of phenols is 1. The smallest absolute Gasteiger partial charge is 0.326 e. The molecule has 0 aliphatic carbocycles. The molecule has 10 nitrogen and oxygen atoms in total. The Morgan fingerprint density at radius 1 is 0.946 bits per heavy atom. The maximum absolute atomic E-state index is 13.2. The molecular formula is C26H42N4O6S. The molecule has 37 heavy (non-hydrogen) atoms. The average Bonchev–Trinajstić information content (AvgIpc) is 2.84. The number of carboxylic acids is 1. The molecule has 1 aromatic carbocycles. The monoisotopic (exact) mass is 538 g/mol. The third-order valence-corrected chi connectivity index (χ3v) is 6.73. The molecule has 1 aromatic rings. The van der Waals surface area contributed by atoms with Crippen molar-refractivity contribution in [2.24, 2.45) is 17.6 Å². The number of aliphatic carboxylic acids is 1. The van der Waals surface area contributed by atoms with Gasteiger partial charge in [-0.2, -0.15) is 11.8 Å². The van der Waals surface area contributed by atoms with Gasteiger partial charge < -0.3 is 31.9 Å². The Balaban J connectivity index is 2.96. The normalized spacial score (nSPS) is 15.2. The van der Waals surface area contributed by atoms with Gasteiger partial charge in [0.05, 0.1) is 6.04 Å². The first-order chi connectivity index (χ1) is 17.4. The largest absolute Gasteiger partial charge is 0.508 e. The van der Waals surface area contributed by atoms with Crippen molar-refractivity contribution < 1.29 is 29.4 Å². The van der Waals surface area contributed by atoms with Crippen LogP contribution in [0.3, 0.4) is 0 Å². The fourth-order valence-corrected chi connectivity index (χ4v) is 4.15. The third-order valence-electron chi connectivity index (χ3n) is 6.09. The van der Waals surface area contributed by atoms with Crippen molar-refractivity contribution in [1.82, 2.24) is 16.0 Å². The summed E-state index contributed by atoms with van der Waals surface area (Å²) in [7, 11) is 0. The lowest BCUT2D eigenvalue weighted by molar-refractivity contribution is -0.143. The van der Waals surface area contributed by atoms with Crippen LogP contribution in [0.4, 0.5) is 0 Å². The van der Waals surface area contributed by atoms with Gasteiger partial charge in [0, 0.05) is 0 Å². The van der Waals surface area contributed by atoms with Crippen LogP contribution in [0.5, 0.6) is 5.75 Å². The summed E-state index contributed by atoms with van der Waals surface area (Å²) in [5, 5.41) is 27.0. The van der Waals surface area contributed by atoms with E-state index in [0.717, 1.165) is 5.56 Å². The van der Waals surface area contributed by atoms with Crippen molar-refractivity contribution in [1.29, 1.82) is 0 Å². The molecular weight excluding hydrogens is 496 g/mol. The lowest BCUT2D eigenvalue weighted by Crippen LogP contribution is -2.58. The van der Waals surface area contributed by atoms with Gasteiger partial charge in [-0.1, -0.05) is 46.2 Å². The van der Waals surface area contributed by atoms with E-state index in [1.165, 1.54) is 23.9 Å². The summed E-state index contributed by atoms with van der Waals surface area (Å²) in [5.41, 5.74) is 6.84. The van der Waals surface area contributed by atoms with E-state index in [1.807, 2.05) is 27.0 Å². The molecule has 0 aromatic heterocycles. The Bertz CT molecular complexity index is 896. The third kappa shape index (κ3) is 11.4. The van der Waals surface area contributed by atoms with E-state index in [2.05, 4.69) is 16.0 Å². The van der Waals surface area contributed by atoms with Gasteiger partial charge in [0.1, 0.15) is 23.9 Å². The van der Waals surface area contributed by atoms with E-state index in [1.54, 1.807) is 19.1 Å². The molecule has 0 radical (unpaired) electrons. The van der Waals surface area contributed by atoms with E-state index in [0.29, 0.717) is 25.0 Å². The number of nitrogens with one attached hydrogen (secondary N) is 3. The van der Waals surface area contributed by atoms with Crippen LogP contribution < -0.4 is 21.7 Å². The first-order valence-electron chi connectivity index (χ1n) is 12.6. The van der Waals surface area contributed by atoms with Crippen molar-refractivity contribution in [3.63, 3.8) is 0 Å². The van der Waals surface area contributed by atoms with E-state index in [4.69, 9.17) is 5.73 Å². The number of benzene rings is 1. The molecule has 5 atom stereocenters. The molecule has 5 unspecified atom stereocenters. The maximum atomic E-state index is 13.2. The minimum atomic E-state index is -1.13.